The maximum absolute atomic E-state index is 10.9. The Morgan fingerprint density at radius 1 is 1.64 bits per heavy atom. The fourth-order valence-electron chi connectivity index (χ4n) is 1.66. The summed E-state index contributed by atoms with van der Waals surface area (Å²) in [6, 6.07) is 0.257. The van der Waals surface area contributed by atoms with Crippen LogP contribution in [0.5, 0.6) is 0 Å². The van der Waals surface area contributed by atoms with E-state index in [0.29, 0.717) is 12.3 Å². The Hall–Kier alpha value is -0.570. The molecule has 1 fully saturated rings. The van der Waals surface area contributed by atoms with Crippen LogP contribution in [-0.4, -0.2) is 19.0 Å². The van der Waals surface area contributed by atoms with E-state index in [1.165, 1.54) is 6.42 Å². The monoisotopic (exact) mass is 156 g/mol. The molecule has 3 nitrogen and oxygen atoms in total. The number of carbonyl (C=O) groups excluding carboxylic acids is 1. The Labute approximate surface area is 67.3 Å². The van der Waals surface area contributed by atoms with Crippen LogP contribution in [0.2, 0.25) is 0 Å². The topological polar surface area (TPSA) is 55.1 Å². The molecule has 0 bridgehead atoms. The Morgan fingerprint density at radius 3 is 2.82 bits per heavy atom. The summed E-state index contributed by atoms with van der Waals surface area (Å²) in [4.78, 5) is 10.9. The van der Waals surface area contributed by atoms with Crippen LogP contribution in [0, 0.1) is 5.92 Å². The van der Waals surface area contributed by atoms with Crippen molar-refractivity contribution in [3.8, 4) is 0 Å². The van der Waals surface area contributed by atoms with Gasteiger partial charge in [0.25, 0.3) is 0 Å². The number of amides is 1. The Morgan fingerprint density at radius 2 is 2.36 bits per heavy atom. The summed E-state index contributed by atoms with van der Waals surface area (Å²) in [7, 11) is 1.67. The highest BCUT2D eigenvalue weighted by molar-refractivity contribution is 5.75. The van der Waals surface area contributed by atoms with Crippen LogP contribution in [0.1, 0.15) is 25.7 Å². The molecule has 0 aliphatic heterocycles. The van der Waals surface area contributed by atoms with Crippen molar-refractivity contribution >= 4 is 5.91 Å². The normalized spacial score (nSPS) is 30.4. The van der Waals surface area contributed by atoms with Crippen molar-refractivity contribution in [2.75, 3.05) is 7.05 Å². The van der Waals surface area contributed by atoms with Gasteiger partial charge in [0.1, 0.15) is 0 Å². The molecule has 0 saturated heterocycles. The van der Waals surface area contributed by atoms with Gasteiger partial charge >= 0.3 is 0 Å². The molecule has 0 aromatic heterocycles. The van der Waals surface area contributed by atoms with E-state index in [-0.39, 0.29) is 11.9 Å². The van der Waals surface area contributed by atoms with Gasteiger partial charge in [0, 0.05) is 19.5 Å². The van der Waals surface area contributed by atoms with Gasteiger partial charge in [0.05, 0.1) is 0 Å². The van der Waals surface area contributed by atoms with Gasteiger partial charge in [0.15, 0.2) is 0 Å². The van der Waals surface area contributed by atoms with Crippen molar-refractivity contribution in [2.24, 2.45) is 11.7 Å². The molecule has 1 aliphatic carbocycles. The molecule has 0 spiro atoms. The first-order valence-electron chi connectivity index (χ1n) is 4.20. The van der Waals surface area contributed by atoms with E-state index in [1.807, 2.05) is 0 Å². The molecule has 1 rings (SSSR count). The molecule has 11 heavy (non-hydrogen) atoms. The summed E-state index contributed by atoms with van der Waals surface area (Å²) >= 11 is 0. The molecule has 2 unspecified atom stereocenters. The molecular formula is C8H16N2O. The lowest BCUT2D eigenvalue weighted by Gasteiger charge is -2.13. The third-order valence-corrected chi connectivity index (χ3v) is 2.44. The van der Waals surface area contributed by atoms with E-state index in [9.17, 15) is 4.79 Å². The molecule has 0 aromatic rings. The van der Waals surface area contributed by atoms with Crippen molar-refractivity contribution in [1.82, 2.24) is 5.32 Å². The van der Waals surface area contributed by atoms with Gasteiger partial charge in [0.2, 0.25) is 5.91 Å². The maximum Gasteiger partial charge on any atom is 0.220 e. The smallest absolute Gasteiger partial charge is 0.220 e. The largest absolute Gasteiger partial charge is 0.359 e. The molecule has 0 heterocycles. The maximum atomic E-state index is 10.9. The van der Waals surface area contributed by atoms with Gasteiger partial charge in [-0.3, -0.25) is 4.79 Å². The predicted octanol–water partition coefficient (Wildman–Crippen LogP) is 0.250. The zero-order valence-corrected chi connectivity index (χ0v) is 6.97. The molecular weight excluding hydrogens is 140 g/mol. The number of hydrogen-bond acceptors (Lipinski definition) is 2. The lowest BCUT2D eigenvalue weighted by molar-refractivity contribution is -0.121. The van der Waals surface area contributed by atoms with Crippen LogP contribution < -0.4 is 11.1 Å². The predicted molar refractivity (Wildman–Crippen MR) is 44.0 cm³/mol. The highest BCUT2D eigenvalue weighted by Crippen LogP contribution is 2.26. The zero-order chi connectivity index (χ0) is 8.27. The van der Waals surface area contributed by atoms with Crippen LogP contribution in [-0.2, 0) is 4.79 Å². The van der Waals surface area contributed by atoms with E-state index in [2.05, 4.69) is 5.32 Å². The lowest BCUT2D eigenvalue weighted by atomic mass is 10.00. The van der Waals surface area contributed by atoms with Gasteiger partial charge < -0.3 is 11.1 Å². The molecule has 3 heteroatoms. The van der Waals surface area contributed by atoms with Crippen molar-refractivity contribution < 1.29 is 4.79 Å². The van der Waals surface area contributed by atoms with Crippen LogP contribution >= 0.6 is 0 Å². The average Bonchev–Trinajstić information content (AvgIpc) is 2.37. The summed E-state index contributed by atoms with van der Waals surface area (Å²) in [6.07, 6.45) is 4.00. The molecule has 1 saturated carbocycles. The summed E-state index contributed by atoms with van der Waals surface area (Å²) in [5.74, 6) is 0.544. The molecule has 1 aliphatic rings. The molecule has 2 atom stereocenters. The highest BCUT2D eigenvalue weighted by atomic mass is 16.1. The summed E-state index contributed by atoms with van der Waals surface area (Å²) in [5.41, 5.74) is 5.80. The second kappa shape index (κ2) is 3.72. The summed E-state index contributed by atoms with van der Waals surface area (Å²) in [6.45, 7) is 0. The standard InChI is InChI=1S/C8H16N2O/c1-10-8(11)5-6-3-2-4-7(6)9/h6-7H,2-5,9H2,1H3,(H,10,11). The van der Waals surface area contributed by atoms with Crippen molar-refractivity contribution in [3.05, 3.63) is 0 Å². The molecule has 0 radical (unpaired) electrons. The first-order valence-corrected chi connectivity index (χ1v) is 4.20. The van der Waals surface area contributed by atoms with Crippen LogP contribution in [0.4, 0.5) is 0 Å². The van der Waals surface area contributed by atoms with Crippen molar-refractivity contribution in [1.29, 1.82) is 0 Å². The SMILES string of the molecule is CNC(=O)CC1CCCC1N. The molecule has 3 N–H and O–H groups in total. The molecule has 1 amide bonds. The number of hydrogen-bond donors (Lipinski definition) is 2. The second-order valence-corrected chi connectivity index (χ2v) is 3.23. The van der Waals surface area contributed by atoms with E-state index in [1.54, 1.807) is 7.05 Å². The van der Waals surface area contributed by atoms with Gasteiger partial charge in [-0.25, -0.2) is 0 Å². The number of nitrogens with one attached hydrogen (secondary N) is 1. The van der Waals surface area contributed by atoms with E-state index >= 15 is 0 Å². The minimum absolute atomic E-state index is 0.118. The fourth-order valence-corrected chi connectivity index (χ4v) is 1.66. The first kappa shape index (κ1) is 8.53. The van der Waals surface area contributed by atoms with Gasteiger partial charge in [-0.2, -0.15) is 0 Å². The quantitative estimate of drug-likeness (QED) is 0.602. The number of carbonyl (C=O) groups is 1. The first-order chi connectivity index (χ1) is 5.24. The minimum Gasteiger partial charge on any atom is -0.359 e. The van der Waals surface area contributed by atoms with E-state index in [0.717, 1.165) is 12.8 Å². The van der Waals surface area contributed by atoms with Gasteiger partial charge in [-0.1, -0.05) is 6.42 Å². The number of nitrogens with two attached hydrogens (primary N) is 1. The van der Waals surface area contributed by atoms with Crippen LogP contribution in [0.15, 0.2) is 0 Å². The lowest BCUT2D eigenvalue weighted by Crippen LogP contribution is -2.29. The second-order valence-electron chi connectivity index (χ2n) is 3.23. The van der Waals surface area contributed by atoms with E-state index < -0.39 is 0 Å². The third kappa shape index (κ3) is 2.19. The Kier molecular flexibility index (Phi) is 2.88. The number of rotatable bonds is 2. The molecule has 64 valence electrons. The summed E-state index contributed by atoms with van der Waals surface area (Å²) in [5, 5.41) is 2.62. The summed E-state index contributed by atoms with van der Waals surface area (Å²) < 4.78 is 0. The minimum atomic E-state index is 0.118. The van der Waals surface area contributed by atoms with Crippen molar-refractivity contribution in [3.63, 3.8) is 0 Å². The van der Waals surface area contributed by atoms with E-state index in [4.69, 9.17) is 5.73 Å². The third-order valence-electron chi connectivity index (χ3n) is 2.44. The van der Waals surface area contributed by atoms with Crippen LogP contribution in [0.25, 0.3) is 0 Å². The van der Waals surface area contributed by atoms with Crippen molar-refractivity contribution in [2.45, 2.75) is 31.7 Å². The van der Waals surface area contributed by atoms with Gasteiger partial charge in [-0.15, -0.1) is 0 Å². The Balaban J connectivity index is 2.30. The fraction of sp³-hybridized carbons (Fsp3) is 0.875. The molecule has 0 aromatic carbocycles. The van der Waals surface area contributed by atoms with Gasteiger partial charge in [-0.05, 0) is 18.8 Å². The Bertz CT molecular complexity index is 147. The average molecular weight is 156 g/mol. The highest BCUT2D eigenvalue weighted by Gasteiger charge is 2.25. The van der Waals surface area contributed by atoms with Crippen LogP contribution in [0.3, 0.4) is 0 Å². The zero-order valence-electron chi connectivity index (χ0n) is 6.97.